The molecule has 0 aliphatic heterocycles. The summed E-state index contributed by atoms with van der Waals surface area (Å²) in [5.74, 6) is 0.130. The number of hydrogen-bond donors (Lipinski definition) is 2. The lowest BCUT2D eigenvalue weighted by Gasteiger charge is -2.26. The minimum Gasteiger partial charge on any atom is -0.354 e. The molecule has 2 aromatic carbocycles. The van der Waals surface area contributed by atoms with Crippen LogP contribution < -0.4 is 10.6 Å². The van der Waals surface area contributed by atoms with Crippen LogP contribution in [0.4, 0.5) is 8.78 Å². The number of likely N-dealkylation sites (N-methyl/N-ethyl adjacent to an activating group) is 1. The smallest absolute Gasteiger partial charge is 0.191 e. The molecule has 0 bridgehead atoms. The first-order chi connectivity index (χ1) is 12.0. The summed E-state index contributed by atoms with van der Waals surface area (Å²) < 4.78 is 26.4. The van der Waals surface area contributed by atoms with Gasteiger partial charge in [0.25, 0.3) is 0 Å². The highest BCUT2D eigenvalue weighted by Crippen LogP contribution is 2.18. The van der Waals surface area contributed by atoms with Crippen molar-refractivity contribution in [3.8, 4) is 0 Å². The predicted molar refractivity (Wildman–Crippen MR) is 113 cm³/mol. The van der Waals surface area contributed by atoms with Crippen LogP contribution in [0.1, 0.15) is 17.2 Å². The van der Waals surface area contributed by atoms with Gasteiger partial charge in [0.15, 0.2) is 5.96 Å². The molecule has 2 aromatic rings. The Kier molecular flexibility index (Phi) is 9.50. The molecule has 0 heterocycles. The van der Waals surface area contributed by atoms with Gasteiger partial charge in [-0.3, -0.25) is 4.99 Å². The zero-order chi connectivity index (χ0) is 18.2. The fourth-order valence-electron chi connectivity index (χ4n) is 2.51. The Labute approximate surface area is 170 Å². The number of benzene rings is 2. The van der Waals surface area contributed by atoms with E-state index in [-0.39, 0.29) is 41.7 Å². The Bertz CT molecular complexity index is 705. The van der Waals surface area contributed by atoms with E-state index in [1.807, 2.05) is 25.1 Å². The van der Waals surface area contributed by atoms with Crippen LogP contribution in [0, 0.1) is 11.6 Å². The molecular weight excluding hydrogens is 449 g/mol. The molecule has 0 fully saturated rings. The Morgan fingerprint density at radius 2 is 1.73 bits per heavy atom. The first-order valence-corrected chi connectivity index (χ1v) is 8.10. The quantitative estimate of drug-likeness (QED) is 0.382. The van der Waals surface area contributed by atoms with E-state index in [1.165, 1.54) is 18.2 Å². The maximum atomic E-state index is 13.5. The second-order valence-electron chi connectivity index (χ2n) is 5.97. The number of hydrogen-bond acceptors (Lipinski definition) is 2. The number of nitrogens with zero attached hydrogens (tertiary/aromatic N) is 2. The monoisotopic (exact) mass is 474 g/mol. The van der Waals surface area contributed by atoms with Gasteiger partial charge < -0.3 is 15.5 Å². The largest absolute Gasteiger partial charge is 0.354 e. The first-order valence-electron chi connectivity index (χ1n) is 8.10. The average molecular weight is 474 g/mol. The van der Waals surface area contributed by atoms with E-state index < -0.39 is 0 Å². The van der Waals surface area contributed by atoms with Crippen LogP contribution in [0.3, 0.4) is 0 Å². The summed E-state index contributed by atoms with van der Waals surface area (Å²) in [4.78, 5) is 6.21. The van der Waals surface area contributed by atoms with Crippen molar-refractivity contribution < 1.29 is 8.78 Å². The third-order valence-electron chi connectivity index (χ3n) is 3.92. The molecule has 0 radical (unpaired) electrons. The Morgan fingerprint density at radius 1 is 1.04 bits per heavy atom. The molecule has 1 atom stereocenters. The summed E-state index contributed by atoms with van der Waals surface area (Å²) in [6, 6.07) is 12.9. The Morgan fingerprint density at radius 3 is 2.31 bits per heavy atom. The van der Waals surface area contributed by atoms with Crippen molar-refractivity contribution in [2.24, 2.45) is 4.99 Å². The fraction of sp³-hybridized carbons (Fsp3) is 0.316. The summed E-state index contributed by atoms with van der Waals surface area (Å²) >= 11 is 0. The van der Waals surface area contributed by atoms with Gasteiger partial charge in [-0.15, -0.1) is 24.0 Å². The molecule has 0 aliphatic carbocycles. The average Bonchev–Trinajstić information content (AvgIpc) is 2.59. The molecular formula is C19H25F2IN4. The predicted octanol–water partition coefficient (Wildman–Crippen LogP) is 3.55. The molecule has 0 aliphatic rings. The van der Waals surface area contributed by atoms with E-state index in [9.17, 15) is 8.78 Å². The molecule has 2 N–H and O–H groups in total. The minimum atomic E-state index is -0.254. The van der Waals surface area contributed by atoms with Gasteiger partial charge in [0, 0.05) is 20.1 Å². The standard InChI is InChI=1S/C19H24F2N4.HI/c1-22-19(23-12-14-7-9-16(20)10-8-14)24-13-18(25(2)3)15-5-4-6-17(21)11-15;/h4-11,18H,12-13H2,1-3H3,(H2,22,23,24);1H. The van der Waals surface area contributed by atoms with E-state index in [1.54, 1.807) is 31.3 Å². The van der Waals surface area contributed by atoms with Crippen molar-refractivity contribution in [3.05, 3.63) is 71.3 Å². The van der Waals surface area contributed by atoms with Gasteiger partial charge in [-0.2, -0.15) is 0 Å². The second-order valence-corrected chi connectivity index (χ2v) is 5.97. The molecule has 1 unspecified atom stereocenters. The highest BCUT2D eigenvalue weighted by Gasteiger charge is 2.15. The molecule has 0 amide bonds. The molecule has 26 heavy (non-hydrogen) atoms. The summed E-state index contributed by atoms with van der Waals surface area (Å²) in [6.45, 7) is 1.10. The molecule has 0 aromatic heterocycles. The lowest BCUT2D eigenvalue weighted by molar-refractivity contribution is 0.297. The number of aliphatic imine (C=N–C) groups is 1. The Hall–Kier alpha value is -1.74. The van der Waals surface area contributed by atoms with Crippen LogP contribution >= 0.6 is 24.0 Å². The van der Waals surface area contributed by atoms with Crippen LogP contribution in [-0.2, 0) is 6.54 Å². The lowest BCUT2D eigenvalue weighted by atomic mass is 10.1. The van der Waals surface area contributed by atoms with Crippen molar-refractivity contribution >= 4 is 29.9 Å². The molecule has 0 spiro atoms. The van der Waals surface area contributed by atoms with Gasteiger partial charge in [0.2, 0.25) is 0 Å². The van der Waals surface area contributed by atoms with Crippen molar-refractivity contribution in [2.45, 2.75) is 12.6 Å². The zero-order valence-corrected chi connectivity index (χ0v) is 17.5. The third kappa shape index (κ3) is 6.87. The van der Waals surface area contributed by atoms with Gasteiger partial charge in [-0.1, -0.05) is 24.3 Å². The summed E-state index contributed by atoms with van der Waals surface area (Å²) in [5.41, 5.74) is 1.85. The highest BCUT2D eigenvalue weighted by atomic mass is 127. The second kappa shape index (κ2) is 11.1. The maximum Gasteiger partial charge on any atom is 0.191 e. The molecule has 142 valence electrons. The summed E-state index contributed by atoms with van der Waals surface area (Å²) in [5, 5.41) is 6.44. The van der Waals surface area contributed by atoms with Gasteiger partial charge >= 0.3 is 0 Å². The lowest BCUT2D eigenvalue weighted by Crippen LogP contribution is -2.41. The SMILES string of the molecule is CN=C(NCc1ccc(F)cc1)NCC(c1cccc(F)c1)N(C)C.I. The van der Waals surface area contributed by atoms with Gasteiger partial charge in [0.05, 0.1) is 6.04 Å². The van der Waals surface area contributed by atoms with Crippen LogP contribution in [0.15, 0.2) is 53.5 Å². The van der Waals surface area contributed by atoms with Crippen molar-refractivity contribution in [2.75, 3.05) is 27.7 Å². The molecule has 2 rings (SSSR count). The van der Waals surface area contributed by atoms with Crippen LogP contribution in [0.2, 0.25) is 0 Å². The van der Waals surface area contributed by atoms with Gasteiger partial charge in [0.1, 0.15) is 11.6 Å². The minimum absolute atomic E-state index is 0. The number of guanidine groups is 1. The van der Waals surface area contributed by atoms with Crippen molar-refractivity contribution in [1.29, 1.82) is 0 Å². The number of rotatable bonds is 6. The van der Waals surface area contributed by atoms with Gasteiger partial charge in [-0.05, 0) is 49.5 Å². The number of nitrogens with one attached hydrogen (secondary N) is 2. The highest BCUT2D eigenvalue weighted by molar-refractivity contribution is 14.0. The zero-order valence-electron chi connectivity index (χ0n) is 15.2. The molecule has 0 saturated carbocycles. The van der Waals surface area contributed by atoms with E-state index >= 15 is 0 Å². The number of halogens is 3. The van der Waals surface area contributed by atoms with E-state index in [0.29, 0.717) is 19.0 Å². The topological polar surface area (TPSA) is 39.7 Å². The third-order valence-corrected chi connectivity index (χ3v) is 3.92. The van der Waals surface area contributed by atoms with E-state index in [4.69, 9.17) is 0 Å². The first kappa shape index (κ1) is 22.3. The molecule has 0 saturated heterocycles. The van der Waals surface area contributed by atoms with E-state index in [2.05, 4.69) is 15.6 Å². The van der Waals surface area contributed by atoms with Crippen molar-refractivity contribution in [1.82, 2.24) is 15.5 Å². The van der Waals surface area contributed by atoms with Crippen LogP contribution in [0.25, 0.3) is 0 Å². The van der Waals surface area contributed by atoms with Gasteiger partial charge in [-0.25, -0.2) is 8.78 Å². The van der Waals surface area contributed by atoms with Crippen molar-refractivity contribution in [3.63, 3.8) is 0 Å². The fourth-order valence-corrected chi connectivity index (χ4v) is 2.51. The van der Waals surface area contributed by atoms with E-state index in [0.717, 1.165) is 11.1 Å². The maximum absolute atomic E-state index is 13.5. The molecule has 7 heteroatoms. The normalized spacial score (nSPS) is 12.5. The van der Waals surface area contributed by atoms with Crippen LogP contribution in [0.5, 0.6) is 0 Å². The summed E-state index contributed by atoms with van der Waals surface area (Å²) in [7, 11) is 5.59. The Balaban J connectivity index is 0.00000338. The van der Waals surface area contributed by atoms with Crippen LogP contribution in [-0.4, -0.2) is 38.5 Å². The molecule has 4 nitrogen and oxygen atoms in total. The summed E-state index contributed by atoms with van der Waals surface area (Å²) in [6.07, 6.45) is 0.